The van der Waals surface area contributed by atoms with Crippen LogP contribution < -0.4 is 93.1 Å². The first-order valence-electron chi connectivity index (χ1n) is 34.0. The number of nitrogens with two attached hydrogens (primary N) is 5. The number of methoxy groups -OCH3 is 7. The quantitative estimate of drug-likeness (QED) is 0.0222. The summed E-state index contributed by atoms with van der Waals surface area (Å²) in [6.45, 7) is 7.70. The molecule has 0 bridgehead atoms. The maximum absolute atomic E-state index is 13.0. The number of nitriles is 1. The third-order valence-corrected chi connectivity index (χ3v) is 18.9. The number of thiazole rings is 4. The molecule has 0 unspecified atom stereocenters. The Morgan fingerprint density at radius 2 is 0.832 bits per heavy atom. The summed E-state index contributed by atoms with van der Waals surface area (Å²) in [6, 6.07) is 26.7. The van der Waals surface area contributed by atoms with Gasteiger partial charge in [0.15, 0.2) is 0 Å². The van der Waals surface area contributed by atoms with Gasteiger partial charge in [-0.05, 0) is 64.1 Å². The lowest BCUT2D eigenvalue weighted by Crippen LogP contribution is -2.35. The minimum absolute atomic E-state index is 0.0331. The molecular weight excluding hydrogens is 1640 g/mol. The Kier molecular flexibility index (Phi) is 26.8. The van der Waals surface area contributed by atoms with Crippen LogP contribution in [0.4, 0.5) is 114 Å². The molecule has 0 radical (unpaired) electrons. The second-order valence-electron chi connectivity index (χ2n) is 23.9. The summed E-state index contributed by atoms with van der Waals surface area (Å²) in [6.07, 6.45) is 0.622. The number of benzene rings is 5. The van der Waals surface area contributed by atoms with E-state index in [-0.39, 0.29) is 76.4 Å². The first kappa shape index (κ1) is 85.0. The zero-order valence-electron chi connectivity index (χ0n) is 64.2. The minimum Gasteiger partial charge on any atom is -0.497 e. The van der Waals surface area contributed by atoms with Crippen molar-refractivity contribution >= 4 is 133 Å². The number of aryl methyl sites for hydroxylation is 4. The van der Waals surface area contributed by atoms with Crippen molar-refractivity contribution in [2.75, 3.05) is 105 Å². The van der Waals surface area contributed by atoms with E-state index in [1.807, 2.05) is 82.3 Å². The monoisotopic (exact) mass is 1710 g/mol. The summed E-state index contributed by atoms with van der Waals surface area (Å²) in [4.78, 5) is 49.6. The molecule has 0 saturated heterocycles. The summed E-state index contributed by atoms with van der Waals surface area (Å²) >= 11 is 5.72. The molecular formula is C70H71F6N32O7S4+. The Morgan fingerprint density at radius 1 is 0.429 bits per heavy atom. The van der Waals surface area contributed by atoms with Crippen molar-refractivity contribution in [3.8, 4) is 72.8 Å². The summed E-state index contributed by atoms with van der Waals surface area (Å²) in [5.74, 6) is 5.71. The molecule has 119 heavy (non-hydrogen) atoms. The van der Waals surface area contributed by atoms with Crippen molar-refractivity contribution < 1.29 is 64.2 Å². The van der Waals surface area contributed by atoms with Gasteiger partial charge in [0.2, 0.25) is 63.0 Å². The summed E-state index contributed by atoms with van der Waals surface area (Å²) in [7, 11) is 10.5. The van der Waals surface area contributed by atoms with Crippen molar-refractivity contribution in [3.63, 3.8) is 0 Å². The molecule has 10 aromatic heterocycles. The molecule has 0 aliphatic heterocycles. The summed E-state index contributed by atoms with van der Waals surface area (Å²) in [5, 5.41) is 45.6. The van der Waals surface area contributed by atoms with E-state index in [4.69, 9.17) is 67.1 Å². The third-order valence-electron chi connectivity index (χ3n) is 15.3. The number of anilines is 15. The zero-order valence-corrected chi connectivity index (χ0v) is 67.5. The molecule has 15 rings (SSSR count). The smallest absolute Gasteiger partial charge is 0.416 e. The average Bonchev–Trinajstić information content (AvgIpc) is 1.74. The van der Waals surface area contributed by atoms with E-state index >= 15 is 0 Å². The highest BCUT2D eigenvalue weighted by atomic mass is 32.1. The fourth-order valence-electron chi connectivity index (χ4n) is 9.99. The van der Waals surface area contributed by atoms with Gasteiger partial charge < -0.3 is 83.1 Å². The second-order valence-corrected chi connectivity index (χ2v) is 28.8. The van der Waals surface area contributed by atoms with E-state index in [9.17, 15) is 26.3 Å². The molecule has 0 fully saturated rings. The number of ether oxygens (including phenoxy) is 7. The average molecular weight is 1710 g/mol. The van der Waals surface area contributed by atoms with E-state index in [1.54, 1.807) is 77.2 Å². The number of aromatic nitrogens is 21. The third kappa shape index (κ3) is 22.1. The lowest BCUT2D eigenvalue weighted by molar-refractivity contribution is -0.640. The maximum Gasteiger partial charge on any atom is 0.416 e. The van der Waals surface area contributed by atoms with Crippen LogP contribution in [0.3, 0.4) is 0 Å². The molecule has 618 valence electrons. The lowest BCUT2D eigenvalue weighted by atomic mass is 10.2. The summed E-state index contributed by atoms with van der Waals surface area (Å²) in [5.41, 5.74) is 30.1. The molecule has 0 spiro atoms. The van der Waals surface area contributed by atoms with Crippen molar-refractivity contribution in [1.82, 2.24) is 99.0 Å². The number of hydrogen-bond acceptors (Lipinski definition) is 37. The van der Waals surface area contributed by atoms with Crippen LogP contribution in [0.25, 0.3) is 26.5 Å². The van der Waals surface area contributed by atoms with Gasteiger partial charge in [0.25, 0.3) is 11.9 Å². The van der Waals surface area contributed by atoms with E-state index in [1.165, 1.54) is 103 Å². The molecule has 16 N–H and O–H groups in total. The van der Waals surface area contributed by atoms with E-state index < -0.39 is 23.5 Å². The highest BCUT2D eigenvalue weighted by Gasteiger charge is 2.33. The van der Waals surface area contributed by atoms with Gasteiger partial charge in [-0.2, -0.15) is 70.3 Å². The lowest BCUT2D eigenvalue weighted by Gasteiger charge is -2.12. The van der Waals surface area contributed by atoms with Gasteiger partial charge in [0, 0.05) is 104 Å². The highest BCUT2D eigenvalue weighted by molar-refractivity contribution is 7.14. The Hall–Kier alpha value is -14.9. The van der Waals surface area contributed by atoms with E-state index in [0.29, 0.717) is 67.3 Å². The summed E-state index contributed by atoms with van der Waals surface area (Å²) < 4.78 is 121. The number of alkyl halides is 6. The number of nitrogens with zero attached hydrogens (tertiary/aromatic N) is 21. The number of hydrogen-bond donors (Lipinski definition) is 11. The Morgan fingerprint density at radius 3 is 1.26 bits per heavy atom. The zero-order chi connectivity index (χ0) is 85.4. The standard InChI is InChI=1S/2C14H13F3N6OS.C14H12N8O.2C14H16N6O2S/c1-7-6-19-13(25-7)23-11(18)21-12(22-23)20-9-3-8(14(15,16)17)4-10(5-9)24-2;1-7-6-19-13(25-7)23-12(21-11(18)22-23)20-9-3-8(14(15,16)17)4-10(5-9)24-2;1-23-11-5-3-2-4-10(11)19-13-20-12(16)22(21-13)14-17-7-9(6-15)8-18-14;1-8-7-16-14(23-8)20-12(15)18-13(19-20)17-9-4-10(21-2)6-11(5-9)22-3;1-8-7-16-14(23-8)20-13(18-12(15)19-20)17-9-4-10(21-2)6-11(5-9)22-3/h2*3-6H,1-2H3,(H3,18,20,21,22);2-5,7-8H,1H3,(H3,16,19,20,21);2*4-7H,1-3H3,(H3,15,17,18,19)/p+1. The number of rotatable bonds is 22. The molecule has 5 aromatic carbocycles. The fourth-order valence-corrected chi connectivity index (χ4v) is 12.9. The van der Waals surface area contributed by atoms with Gasteiger partial charge in [-0.15, -0.1) is 64.1 Å². The number of H-pyrrole nitrogens is 1. The second kappa shape index (κ2) is 37.6. The van der Waals surface area contributed by atoms with Gasteiger partial charge >= 0.3 is 23.4 Å². The van der Waals surface area contributed by atoms with Crippen LogP contribution in [0.15, 0.2) is 134 Å². The van der Waals surface area contributed by atoms with Gasteiger partial charge in [-0.25, -0.2) is 30.0 Å². The van der Waals surface area contributed by atoms with Crippen LogP contribution in [0, 0.1) is 39.0 Å². The molecule has 0 saturated carbocycles. The first-order chi connectivity index (χ1) is 56.9. The van der Waals surface area contributed by atoms with Crippen molar-refractivity contribution in [2.24, 2.45) is 0 Å². The normalized spacial score (nSPS) is 10.9. The Bertz CT molecular complexity index is 5970. The van der Waals surface area contributed by atoms with Gasteiger partial charge in [0.1, 0.15) is 46.3 Å². The van der Waals surface area contributed by atoms with Crippen LogP contribution in [-0.4, -0.2) is 149 Å². The minimum atomic E-state index is -4.51. The predicted octanol–water partition coefficient (Wildman–Crippen LogP) is 12.2. The Labute approximate surface area is 686 Å². The number of para-hydroxylation sites is 2. The molecule has 0 atom stereocenters. The number of nitrogen functional groups attached to an aromatic ring is 5. The molecule has 0 aliphatic carbocycles. The first-order valence-corrected chi connectivity index (χ1v) is 37.3. The van der Waals surface area contributed by atoms with Crippen LogP contribution >= 0.6 is 45.3 Å². The Balaban J connectivity index is 0.000000146. The number of halogens is 6. The number of aromatic amines is 1. The molecule has 39 nitrogen and oxygen atoms in total. The molecule has 10 heterocycles. The van der Waals surface area contributed by atoms with Gasteiger partial charge in [-0.1, -0.05) is 28.5 Å². The van der Waals surface area contributed by atoms with Crippen molar-refractivity contribution in [1.29, 1.82) is 5.26 Å². The van der Waals surface area contributed by atoms with Crippen LogP contribution in [0.2, 0.25) is 0 Å². The SMILES string of the molecule is COc1cc(Nc2nc(N)[nH][n+]2-c2ncc(C)s2)cc(OC)c1.COc1cc(Nc2nc(N)n(-c3ncc(C)s3)n2)cc(C(F)(F)F)c1.COc1cc(Nc2nc(N)n(-c3ncc(C)s3)n2)cc(OC)c1.COc1cc(Nc2nc(N)nn2-c2ncc(C)s2)cc(C(F)(F)F)c1.COc1ccccc1Nc1nc(N)n(-c2ncc(C#N)cn2)n1. The van der Waals surface area contributed by atoms with Gasteiger partial charge in [0.05, 0.1) is 96.4 Å². The molecule has 15 aromatic rings. The van der Waals surface area contributed by atoms with Gasteiger partial charge in [-0.3, -0.25) is 5.32 Å². The van der Waals surface area contributed by atoms with Crippen molar-refractivity contribution in [3.05, 3.63) is 170 Å². The van der Waals surface area contributed by atoms with E-state index in [2.05, 4.69) is 107 Å². The van der Waals surface area contributed by atoms with Crippen LogP contribution in [-0.2, 0) is 12.4 Å². The molecule has 0 amide bonds. The highest BCUT2D eigenvalue weighted by Crippen LogP contribution is 2.38. The molecule has 49 heteroatoms. The fraction of sp³-hybridized carbons (Fsp3) is 0.186. The topological polar surface area (TPSA) is 511 Å². The van der Waals surface area contributed by atoms with Crippen molar-refractivity contribution in [2.45, 2.75) is 40.0 Å². The molecule has 0 aliphatic rings. The van der Waals surface area contributed by atoms with E-state index in [0.717, 1.165) is 60.3 Å². The largest absolute Gasteiger partial charge is 0.497 e. The maximum atomic E-state index is 13.0. The van der Waals surface area contributed by atoms with Crippen LogP contribution in [0.1, 0.15) is 36.2 Å². The predicted molar refractivity (Wildman–Crippen MR) is 434 cm³/mol. The number of nitrogens with one attached hydrogen (secondary N) is 6. The van der Waals surface area contributed by atoms with Crippen LogP contribution in [0.5, 0.6) is 40.2 Å².